The van der Waals surface area contributed by atoms with E-state index < -0.39 is 29.1 Å². The van der Waals surface area contributed by atoms with Gasteiger partial charge in [-0.3, -0.25) is 5.10 Å². The number of alkyl halides is 3. The Morgan fingerprint density at radius 3 is 2.65 bits per heavy atom. The molecule has 1 aromatic carbocycles. The molecule has 0 saturated carbocycles. The van der Waals surface area contributed by atoms with Crippen LogP contribution in [0.3, 0.4) is 0 Å². The zero-order valence-corrected chi connectivity index (χ0v) is 9.69. The molecule has 0 radical (unpaired) electrons. The maximum absolute atomic E-state index is 12.9. The number of rotatable bonds is 2. The number of carbonyl (C=O) groups is 1. The fourth-order valence-corrected chi connectivity index (χ4v) is 1.73. The summed E-state index contributed by atoms with van der Waals surface area (Å²) in [5.41, 5.74) is -2.50. The number of carboxylic acids is 1. The summed E-state index contributed by atoms with van der Waals surface area (Å²) in [7, 11) is 0. The van der Waals surface area contributed by atoms with Gasteiger partial charge in [0.2, 0.25) is 0 Å². The quantitative estimate of drug-likeness (QED) is 0.885. The van der Waals surface area contributed by atoms with Crippen LogP contribution in [0.15, 0.2) is 24.3 Å². The summed E-state index contributed by atoms with van der Waals surface area (Å²) in [5, 5.41) is 22.6. The number of aromatic carboxylic acids is 1. The zero-order chi connectivity index (χ0) is 14.9. The summed E-state index contributed by atoms with van der Waals surface area (Å²) >= 11 is 0. The second-order valence-electron chi connectivity index (χ2n) is 3.82. The second kappa shape index (κ2) is 4.70. The Bertz CT molecular complexity index is 713. The van der Waals surface area contributed by atoms with Crippen LogP contribution in [-0.4, -0.2) is 21.3 Å². The van der Waals surface area contributed by atoms with Gasteiger partial charge in [0.05, 0.1) is 11.6 Å². The van der Waals surface area contributed by atoms with Crippen molar-refractivity contribution in [1.29, 1.82) is 5.26 Å². The van der Waals surface area contributed by atoms with E-state index in [1.54, 1.807) is 6.07 Å². The van der Waals surface area contributed by atoms with E-state index in [2.05, 4.69) is 5.10 Å². The van der Waals surface area contributed by atoms with Crippen molar-refractivity contribution < 1.29 is 23.1 Å². The van der Waals surface area contributed by atoms with E-state index in [1.807, 2.05) is 5.10 Å². The van der Waals surface area contributed by atoms with Gasteiger partial charge in [-0.15, -0.1) is 0 Å². The molecule has 0 aliphatic rings. The molecule has 1 aromatic heterocycles. The van der Waals surface area contributed by atoms with Crippen LogP contribution >= 0.6 is 0 Å². The molecule has 0 aliphatic heterocycles. The van der Waals surface area contributed by atoms with Crippen LogP contribution in [0.4, 0.5) is 13.2 Å². The predicted octanol–water partition coefficient (Wildman–Crippen LogP) is 2.67. The summed E-state index contributed by atoms with van der Waals surface area (Å²) in [6.07, 6.45) is -4.80. The van der Waals surface area contributed by atoms with Gasteiger partial charge in [-0.05, 0) is 17.7 Å². The van der Waals surface area contributed by atoms with Gasteiger partial charge in [0.15, 0.2) is 11.4 Å². The van der Waals surface area contributed by atoms with E-state index in [0.717, 1.165) is 0 Å². The highest BCUT2D eigenvalue weighted by molar-refractivity contribution is 5.95. The van der Waals surface area contributed by atoms with E-state index in [1.165, 1.54) is 24.3 Å². The third kappa shape index (κ3) is 2.33. The zero-order valence-electron chi connectivity index (χ0n) is 9.69. The van der Waals surface area contributed by atoms with Crippen LogP contribution in [0.1, 0.15) is 21.7 Å². The van der Waals surface area contributed by atoms with Crippen LogP contribution < -0.4 is 0 Å². The van der Waals surface area contributed by atoms with Gasteiger partial charge in [-0.1, -0.05) is 12.1 Å². The Balaban J connectivity index is 2.73. The molecule has 0 spiro atoms. The summed E-state index contributed by atoms with van der Waals surface area (Å²) in [5.74, 6) is -1.56. The lowest BCUT2D eigenvalue weighted by molar-refractivity contribution is -0.140. The maximum atomic E-state index is 12.9. The van der Waals surface area contributed by atoms with Crippen LogP contribution in [-0.2, 0) is 6.18 Å². The summed E-state index contributed by atoms with van der Waals surface area (Å²) < 4.78 is 38.6. The highest BCUT2D eigenvalue weighted by Gasteiger charge is 2.39. The predicted molar refractivity (Wildman–Crippen MR) is 60.7 cm³/mol. The fraction of sp³-hybridized carbons (Fsp3) is 0.0833. The molecular weight excluding hydrogens is 275 g/mol. The number of aromatic amines is 1. The number of nitrogens with one attached hydrogen (secondary N) is 1. The van der Waals surface area contributed by atoms with Gasteiger partial charge in [-0.25, -0.2) is 4.79 Å². The lowest BCUT2D eigenvalue weighted by Crippen LogP contribution is -2.08. The van der Waals surface area contributed by atoms with Gasteiger partial charge >= 0.3 is 12.1 Å². The number of hydrogen-bond acceptors (Lipinski definition) is 3. The number of H-pyrrole nitrogens is 1. The molecule has 102 valence electrons. The van der Waals surface area contributed by atoms with Crippen molar-refractivity contribution in [2.75, 3.05) is 0 Å². The Morgan fingerprint density at radius 2 is 2.10 bits per heavy atom. The fourth-order valence-electron chi connectivity index (χ4n) is 1.73. The molecule has 5 nitrogen and oxygen atoms in total. The van der Waals surface area contributed by atoms with E-state index in [4.69, 9.17) is 10.4 Å². The normalized spacial score (nSPS) is 11.1. The van der Waals surface area contributed by atoms with Crippen molar-refractivity contribution in [2.24, 2.45) is 0 Å². The molecule has 1 heterocycles. The third-order valence-corrected chi connectivity index (χ3v) is 2.53. The first-order chi connectivity index (χ1) is 9.34. The first-order valence-corrected chi connectivity index (χ1v) is 5.24. The molecule has 20 heavy (non-hydrogen) atoms. The van der Waals surface area contributed by atoms with Gasteiger partial charge in [0.1, 0.15) is 0 Å². The minimum Gasteiger partial charge on any atom is -0.477 e. The van der Waals surface area contributed by atoms with Crippen molar-refractivity contribution >= 4 is 5.97 Å². The van der Waals surface area contributed by atoms with Crippen molar-refractivity contribution in [2.45, 2.75) is 6.18 Å². The summed E-state index contributed by atoms with van der Waals surface area (Å²) in [6.45, 7) is 0. The lowest BCUT2D eigenvalue weighted by Gasteiger charge is -2.07. The Morgan fingerprint density at radius 1 is 1.40 bits per heavy atom. The highest BCUT2D eigenvalue weighted by atomic mass is 19.4. The van der Waals surface area contributed by atoms with E-state index >= 15 is 0 Å². The Labute approximate surface area is 110 Å². The van der Waals surface area contributed by atoms with Gasteiger partial charge < -0.3 is 5.11 Å². The molecule has 0 unspecified atom stereocenters. The molecule has 0 saturated heterocycles. The largest absolute Gasteiger partial charge is 0.477 e. The number of aromatic nitrogens is 2. The highest BCUT2D eigenvalue weighted by Crippen LogP contribution is 2.37. The monoisotopic (exact) mass is 281 g/mol. The smallest absolute Gasteiger partial charge is 0.435 e. The lowest BCUT2D eigenvalue weighted by atomic mass is 10.0. The molecule has 2 rings (SSSR count). The number of benzene rings is 1. The van der Waals surface area contributed by atoms with Gasteiger partial charge in [0.25, 0.3) is 0 Å². The molecule has 0 atom stereocenters. The molecule has 2 N–H and O–H groups in total. The van der Waals surface area contributed by atoms with E-state index in [9.17, 15) is 18.0 Å². The topological polar surface area (TPSA) is 89.8 Å². The van der Waals surface area contributed by atoms with Gasteiger partial charge in [-0.2, -0.15) is 23.5 Å². The summed E-state index contributed by atoms with van der Waals surface area (Å²) in [6, 6.07) is 7.00. The third-order valence-electron chi connectivity index (χ3n) is 2.53. The Kier molecular flexibility index (Phi) is 3.19. The number of carboxylic acid groups (broad SMARTS) is 1. The minimum absolute atomic E-state index is 0.0393. The Hall–Kier alpha value is -2.82. The van der Waals surface area contributed by atoms with Crippen molar-refractivity contribution in [3.05, 3.63) is 41.2 Å². The van der Waals surface area contributed by atoms with Crippen molar-refractivity contribution in [1.82, 2.24) is 10.2 Å². The van der Waals surface area contributed by atoms with E-state index in [0.29, 0.717) is 0 Å². The number of nitrogens with zero attached hydrogens (tertiary/aromatic N) is 2. The molecule has 0 bridgehead atoms. The van der Waals surface area contributed by atoms with E-state index in [-0.39, 0.29) is 11.1 Å². The van der Waals surface area contributed by atoms with Crippen molar-refractivity contribution in [3.8, 4) is 17.2 Å². The second-order valence-corrected chi connectivity index (χ2v) is 3.82. The molecule has 8 heteroatoms. The molecule has 0 amide bonds. The first kappa shape index (κ1) is 13.6. The van der Waals surface area contributed by atoms with Crippen LogP contribution in [0.5, 0.6) is 0 Å². The van der Waals surface area contributed by atoms with Crippen molar-refractivity contribution in [3.63, 3.8) is 0 Å². The van der Waals surface area contributed by atoms with Crippen LogP contribution in [0.25, 0.3) is 11.1 Å². The average molecular weight is 281 g/mol. The van der Waals surface area contributed by atoms with Crippen LogP contribution in [0.2, 0.25) is 0 Å². The molecule has 0 aliphatic carbocycles. The molecule has 0 fully saturated rings. The number of hydrogen-bond donors (Lipinski definition) is 2. The average Bonchev–Trinajstić information content (AvgIpc) is 2.83. The number of halogens is 3. The molecular formula is C12H6F3N3O2. The summed E-state index contributed by atoms with van der Waals surface area (Å²) in [4.78, 5) is 11.0. The maximum Gasteiger partial charge on any atom is 0.435 e. The minimum atomic E-state index is -4.80. The van der Waals surface area contributed by atoms with Crippen LogP contribution in [0, 0.1) is 11.3 Å². The first-order valence-electron chi connectivity index (χ1n) is 5.24. The van der Waals surface area contributed by atoms with Gasteiger partial charge in [0, 0.05) is 5.56 Å². The SMILES string of the molecule is N#Cc1cccc(-c2c(C(F)(F)F)n[nH]c2C(=O)O)c1. The number of nitriles is 1. The molecule has 2 aromatic rings. The standard InChI is InChI=1S/C12H6F3N3O2/c13-12(14,15)10-8(9(11(19)20)17-18-10)7-3-1-2-6(4-7)5-16/h1-4H,(H,17,18)(H,19,20).